The lowest BCUT2D eigenvalue weighted by atomic mass is 9.81. The third kappa shape index (κ3) is 4.81. The van der Waals surface area contributed by atoms with Crippen LogP contribution in [0.5, 0.6) is 0 Å². The number of likely N-dealkylation sites (N-methyl/N-ethyl adjacent to an activating group) is 1. The van der Waals surface area contributed by atoms with E-state index in [4.69, 9.17) is 4.74 Å². The fraction of sp³-hybridized carbons (Fsp3) is 0.867. The van der Waals surface area contributed by atoms with Gasteiger partial charge in [0.15, 0.2) is 0 Å². The van der Waals surface area contributed by atoms with Gasteiger partial charge in [-0.25, -0.2) is 0 Å². The van der Waals surface area contributed by atoms with Crippen LogP contribution in [0.2, 0.25) is 0 Å². The molecule has 1 aliphatic rings. The average molecular weight is 239 g/mol. The highest BCUT2D eigenvalue weighted by Crippen LogP contribution is 2.30. The van der Waals surface area contributed by atoms with Gasteiger partial charge in [0.05, 0.1) is 6.10 Å². The van der Waals surface area contributed by atoms with Gasteiger partial charge in [0.25, 0.3) is 0 Å². The Morgan fingerprint density at radius 2 is 2.00 bits per heavy atom. The Bertz CT molecular complexity index is 221. The lowest BCUT2D eigenvalue weighted by Crippen LogP contribution is -2.44. The standard InChI is InChI=1S/C15H29NO/c1-5-17-15(13-9-7-6-8-10-13)14(16-4)11-12(2)3/h13-16H,2,5-11H2,1,3-4H3. The van der Waals surface area contributed by atoms with Crippen molar-refractivity contribution in [3.8, 4) is 0 Å². The van der Waals surface area contributed by atoms with Crippen molar-refractivity contribution in [3.05, 3.63) is 12.2 Å². The Morgan fingerprint density at radius 3 is 2.47 bits per heavy atom. The van der Waals surface area contributed by atoms with E-state index in [2.05, 4.69) is 25.7 Å². The van der Waals surface area contributed by atoms with Crippen molar-refractivity contribution < 1.29 is 4.74 Å². The smallest absolute Gasteiger partial charge is 0.0758 e. The van der Waals surface area contributed by atoms with E-state index in [1.54, 1.807) is 0 Å². The number of hydrogen-bond acceptors (Lipinski definition) is 2. The maximum atomic E-state index is 6.03. The molecule has 0 aromatic rings. The zero-order chi connectivity index (χ0) is 12.7. The van der Waals surface area contributed by atoms with Crippen molar-refractivity contribution in [1.82, 2.24) is 5.32 Å². The topological polar surface area (TPSA) is 21.3 Å². The van der Waals surface area contributed by atoms with E-state index in [-0.39, 0.29) is 0 Å². The Morgan fingerprint density at radius 1 is 1.35 bits per heavy atom. The average Bonchev–Trinajstić information content (AvgIpc) is 2.34. The number of rotatable bonds is 7. The van der Waals surface area contributed by atoms with Crippen LogP contribution in [-0.2, 0) is 4.74 Å². The Hall–Kier alpha value is -0.340. The largest absolute Gasteiger partial charge is 0.377 e. The van der Waals surface area contributed by atoms with Gasteiger partial charge in [0.1, 0.15) is 0 Å². The predicted molar refractivity (Wildman–Crippen MR) is 74.3 cm³/mol. The molecule has 100 valence electrons. The number of nitrogens with one attached hydrogen (secondary N) is 1. The molecule has 0 radical (unpaired) electrons. The Balaban J connectivity index is 2.62. The van der Waals surface area contributed by atoms with Crippen molar-refractivity contribution in [1.29, 1.82) is 0 Å². The van der Waals surface area contributed by atoms with Crippen molar-refractivity contribution in [2.24, 2.45) is 5.92 Å². The van der Waals surface area contributed by atoms with Crippen molar-refractivity contribution in [2.45, 2.75) is 64.5 Å². The van der Waals surface area contributed by atoms with E-state index in [0.29, 0.717) is 12.1 Å². The van der Waals surface area contributed by atoms with Crippen LogP contribution in [0, 0.1) is 5.92 Å². The Labute approximate surface area is 107 Å². The van der Waals surface area contributed by atoms with E-state index < -0.39 is 0 Å². The zero-order valence-electron chi connectivity index (χ0n) is 11.8. The summed E-state index contributed by atoms with van der Waals surface area (Å²) in [4.78, 5) is 0. The molecular weight excluding hydrogens is 210 g/mol. The van der Waals surface area contributed by atoms with Crippen LogP contribution in [0.15, 0.2) is 12.2 Å². The van der Waals surface area contributed by atoms with Crippen LogP contribution in [0.4, 0.5) is 0 Å². The first kappa shape index (κ1) is 14.7. The highest BCUT2D eigenvalue weighted by atomic mass is 16.5. The summed E-state index contributed by atoms with van der Waals surface area (Å²) in [6.07, 6.45) is 8.20. The van der Waals surface area contributed by atoms with Gasteiger partial charge in [0, 0.05) is 12.6 Å². The summed E-state index contributed by atoms with van der Waals surface area (Å²) in [5.41, 5.74) is 1.24. The van der Waals surface area contributed by atoms with E-state index in [1.807, 2.05) is 7.05 Å². The van der Waals surface area contributed by atoms with Gasteiger partial charge >= 0.3 is 0 Å². The summed E-state index contributed by atoms with van der Waals surface area (Å²) >= 11 is 0. The molecule has 0 heterocycles. The lowest BCUT2D eigenvalue weighted by molar-refractivity contribution is -0.0158. The SMILES string of the molecule is C=C(C)CC(NC)C(OCC)C1CCCCC1. The molecule has 0 amide bonds. The van der Waals surface area contributed by atoms with E-state index in [0.717, 1.165) is 18.9 Å². The van der Waals surface area contributed by atoms with Gasteiger partial charge < -0.3 is 10.1 Å². The second-order valence-electron chi connectivity index (χ2n) is 5.37. The molecule has 1 aliphatic carbocycles. The molecule has 17 heavy (non-hydrogen) atoms. The summed E-state index contributed by atoms with van der Waals surface area (Å²) in [6.45, 7) is 9.06. The van der Waals surface area contributed by atoms with Crippen LogP contribution in [0.3, 0.4) is 0 Å². The summed E-state index contributed by atoms with van der Waals surface area (Å²) in [6, 6.07) is 0.426. The van der Waals surface area contributed by atoms with E-state index in [1.165, 1.54) is 37.7 Å². The second-order valence-corrected chi connectivity index (χ2v) is 5.37. The highest BCUT2D eigenvalue weighted by Gasteiger charge is 2.30. The second kappa shape index (κ2) is 7.88. The van der Waals surface area contributed by atoms with Crippen LogP contribution in [-0.4, -0.2) is 25.8 Å². The van der Waals surface area contributed by atoms with Gasteiger partial charge in [-0.15, -0.1) is 6.58 Å². The molecule has 2 atom stereocenters. The molecule has 0 bridgehead atoms. The molecule has 1 N–H and O–H groups in total. The van der Waals surface area contributed by atoms with Crippen molar-refractivity contribution in [3.63, 3.8) is 0 Å². The zero-order valence-corrected chi connectivity index (χ0v) is 11.8. The fourth-order valence-electron chi connectivity index (χ4n) is 2.99. The molecule has 2 heteroatoms. The monoisotopic (exact) mass is 239 g/mol. The number of hydrogen-bond donors (Lipinski definition) is 1. The minimum atomic E-state index is 0.363. The van der Waals surface area contributed by atoms with Crippen LogP contribution in [0.25, 0.3) is 0 Å². The van der Waals surface area contributed by atoms with Crippen LogP contribution >= 0.6 is 0 Å². The third-order valence-electron chi connectivity index (χ3n) is 3.81. The van der Waals surface area contributed by atoms with Gasteiger partial charge in [0.2, 0.25) is 0 Å². The first-order chi connectivity index (χ1) is 8.19. The van der Waals surface area contributed by atoms with Gasteiger partial charge in [-0.05, 0) is 46.1 Å². The maximum absolute atomic E-state index is 6.03. The molecule has 0 aromatic carbocycles. The maximum Gasteiger partial charge on any atom is 0.0758 e. The highest BCUT2D eigenvalue weighted by molar-refractivity contribution is 4.97. The summed E-state index contributed by atoms with van der Waals surface area (Å²) < 4.78 is 6.03. The summed E-state index contributed by atoms with van der Waals surface area (Å²) in [7, 11) is 2.04. The minimum Gasteiger partial charge on any atom is -0.377 e. The van der Waals surface area contributed by atoms with Crippen molar-refractivity contribution >= 4 is 0 Å². The number of ether oxygens (including phenoxy) is 1. The van der Waals surface area contributed by atoms with Gasteiger partial charge in [-0.3, -0.25) is 0 Å². The summed E-state index contributed by atoms with van der Waals surface area (Å²) in [5.74, 6) is 0.737. The third-order valence-corrected chi connectivity index (χ3v) is 3.81. The van der Waals surface area contributed by atoms with Gasteiger partial charge in [-0.1, -0.05) is 24.8 Å². The first-order valence-electron chi connectivity index (χ1n) is 7.12. The van der Waals surface area contributed by atoms with Crippen LogP contribution in [0.1, 0.15) is 52.4 Å². The molecule has 1 saturated carbocycles. The first-order valence-corrected chi connectivity index (χ1v) is 7.12. The van der Waals surface area contributed by atoms with Crippen LogP contribution < -0.4 is 5.32 Å². The molecule has 0 aliphatic heterocycles. The molecule has 2 unspecified atom stereocenters. The van der Waals surface area contributed by atoms with E-state index in [9.17, 15) is 0 Å². The normalized spacial score (nSPS) is 21.1. The molecular formula is C15H29NO. The minimum absolute atomic E-state index is 0.363. The fourth-order valence-corrected chi connectivity index (χ4v) is 2.99. The molecule has 1 rings (SSSR count). The van der Waals surface area contributed by atoms with Crippen molar-refractivity contribution in [2.75, 3.05) is 13.7 Å². The molecule has 0 saturated heterocycles. The quantitative estimate of drug-likeness (QED) is 0.686. The molecule has 2 nitrogen and oxygen atoms in total. The molecule has 1 fully saturated rings. The predicted octanol–water partition coefficient (Wildman–Crippen LogP) is 3.53. The van der Waals surface area contributed by atoms with E-state index >= 15 is 0 Å². The van der Waals surface area contributed by atoms with Gasteiger partial charge in [-0.2, -0.15) is 0 Å². The molecule has 0 spiro atoms. The Kier molecular flexibility index (Phi) is 6.83. The molecule has 0 aromatic heterocycles. The summed E-state index contributed by atoms with van der Waals surface area (Å²) in [5, 5.41) is 3.43. The lowest BCUT2D eigenvalue weighted by Gasteiger charge is -2.35.